The van der Waals surface area contributed by atoms with Crippen LogP contribution in [0.2, 0.25) is 4.34 Å². The number of rotatable bonds is 5. The monoisotopic (exact) mass is 421 g/mol. The summed E-state index contributed by atoms with van der Waals surface area (Å²) in [6.45, 7) is 3.15. The van der Waals surface area contributed by atoms with Crippen LogP contribution in [0.15, 0.2) is 39.3 Å². The Kier molecular flexibility index (Phi) is 5.90. The summed E-state index contributed by atoms with van der Waals surface area (Å²) in [7, 11) is 0. The van der Waals surface area contributed by atoms with Crippen molar-refractivity contribution in [2.45, 2.75) is 19.4 Å². The van der Waals surface area contributed by atoms with Crippen molar-refractivity contribution in [1.82, 2.24) is 5.32 Å². The van der Waals surface area contributed by atoms with E-state index in [-0.39, 0.29) is 6.04 Å². The number of nitrogens with one attached hydrogen (secondary N) is 1. The average Bonchev–Trinajstić information content (AvgIpc) is 2.72. The van der Waals surface area contributed by atoms with Crippen LogP contribution in [-0.4, -0.2) is 6.54 Å². The molecule has 1 aromatic carbocycles. The van der Waals surface area contributed by atoms with E-state index in [0.29, 0.717) is 0 Å². The fourth-order valence-electron chi connectivity index (χ4n) is 1.83. The standard InChI is InChI=1S/C14H14Br2ClNS/c1-2-7-18-13(9-3-5-10(15)6-4-9)12-8-11(16)14(17)19-12/h3-6,8,13,18H,2,7H2,1H3. The van der Waals surface area contributed by atoms with Crippen molar-refractivity contribution < 1.29 is 0 Å². The second kappa shape index (κ2) is 7.23. The minimum Gasteiger partial charge on any atom is -0.306 e. The number of hydrogen-bond acceptors (Lipinski definition) is 2. The predicted octanol–water partition coefficient (Wildman–Crippen LogP) is 6.02. The molecule has 1 aromatic heterocycles. The van der Waals surface area contributed by atoms with Crippen LogP contribution in [0, 0.1) is 0 Å². The molecule has 0 aliphatic rings. The van der Waals surface area contributed by atoms with Crippen LogP contribution < -0.4 is 5.32 Å². The highest BCUT2D eigenvalue weighted by Crippen LogP contribution is 2.37. The van der Waals surface area contributed by atoms with Gasteiger partial charge in [-0.2, -0.15) is 0 Å². The normalized spacial score (nSPS) is 12.6. The van der Waals surface area contributed by atoms with Crippen LogP contribution in [0.25, 0.3) is 0 Å². The molecule has 2 aromatic rings. The summed E-state index contributed by atoms with van der Waals surface area (Å²) in [5, 5.41) is 3.58. The molecule has 0 aliphatic heterocycles. The second-order valence-corrected chi connectivity index (χ2v) is 7.66. The van der Waals surface area contributed by atoms with Gasteiger partial charge in [0, 0.05) is 13.8 Å². The number of thiophene rings is 1. The predicted molar refractivity (Wildman–Crippen MR) is 91.3 cm³/mol. The summed E-state index contributed by atoms with van der Waals surface area (Å²) >= 11 is 14.7. The van der Waals surface area contributed by atoms with Crippen molar-refractivity contribution in [1.29, 1.82) is 0 Å². The summed E-state index contributed by atoms with van der Waals surface area (Å²) < 4.78 is 2.86. The highest BCUT2D eigenvalue weighted by atomic mass is 79.9. The lowest BCUT2D eigenvalue weighted by Crippen LogP contribution is -2.22. The Morgan fingerprint density at radius 2 is 1.95 bits per heavy atom. The lowest BCUT2D eigenvalue weighted by atomic mass is 10.1. The highest BCUT2D eigenvalue weighted by Gasteiger charge is 2.17. The van der Waals surface area contributed by atoms with E-state index in [1.807, 2.05) is 0 Å². The molecule has 19 heavy (non-hydrogen) atoms. The molecule has 1 heterocycles. The maximum Gasteiger partial charge on any atom is 0.107 e. The first-order valence-corrected chi connectivity index (χ1v) is 8.83. The van der Waals surface area contributed by atoms with Crippen molar-refractivity contribution in [3.63, 3.8) is 0 Å². The summed E-state index contributed by atoms with van der Waals surface area (Å²) in [4.78, 5) is 1.23. The lowest BCUT2D eigenvalue weighted by Gasteiger charge is -2.17. The van der Waals surface area contributed by atoms with Gasteiger partial charge in [0.05, 0.1) is 6.04 Å². The molecular formula is C14H14Br2ClNS. The minimum atomic E-state index is 0.196. The van der Waals surface area contributed by atoms with E-state index in [4.69, 9.17) is 11.6 Å². The van der Waals surface area contributed by atoms with E-state index in [1.54, 1.807) is 11.3 Å². The first kappa shape index (κ1) is 15.5. The number of halogens is 3. The Bertz CT molecular complexity index is 519. The van der Waals surface area contributed by atoms with E-state index in [9.17, 15) is 0 Å². The van der Waals surface area contributed by atoms with Gasteiger partial charge in [-0.15, -0.1) is 11.3 Å². The third-order valence-corrected chi connectivity index (χ3v) is 5.82. The molecule has 1 unspecified atom stereocenters. The maximum atomic E-state index is 6.16. The average molecular weight is 424 g/mol. The Morgan fingerprint density at radius 1 is 1.26 bits per heavy atom. The van der Waals surface area contributed by atoms with Crippen molar-refractivity contribution in [2.24, 2.45) is 0 Å². The van der Waals surface area contributed by atoms with Gasteiger partial charge in [-0.1, -0.05) is 46.6 Å². The van der Waals surface area contributed by atoms with Crippen LogP contribution in [-0.2, 0) is 0 Å². The first-order chi connectivity index (χ1) is 9.11. The fourth-order valence-corrected chi connectivity index (χ4v) is 3.94. The van der Waals surface area contributed by atoms with Gasteiger partial charge in [0.1, 0.15) is 4.34 Å². The third kappa shape index (κ3) is 4.05. The third-order valence-electron chi connectivity index (χ3n) is 2.75. The number of benzene rings is 1. The van der Waals surface area contributed by atoms with E-state index in [0.717, 1.165) is 26.2 Å². The van der Waals surface area contributed by atoms with E-state index < -0.39 is 0 Å². The lowest BCUT2D eigenvalue weighted by molar-refractivity contribution is 0.606. The minimum absolute atomic E-state index is 0.196. The van der Waals surface area contributed by atoms with Gasteiger partial charge in [-0.25, -0.2) is 0 Å². The molecule has 102 valence electrons. The van der Waals surface area contributed by atoms with Crippen molar-refractivity contribution in [3.05, 3.63) is 54.1 Å². The molecular weight excluding hydrogens is 409 g/mol. The zero-order valence-corrected chi connectivity index (χ0v) is 15.2. The second-order valence-electron chi connectivity index (χ2n) is 4.21. The molecule has 0 aliphatic carbocycles. The van der Waals surface area contributed by atoms with Crippen LogP contribution in [0.1, 0.15) is 29.8 Å². The molecule has 0 amide bonds. The van der Waals surface area contributed by atoms with Crippen molar-refractivity contribution in [3.8, 4) is 0 Å². The zero-order valence-electron chi connectivity index (χ0n) is 10.4. The molecule has 0 saturated heterocycles. The molecule has 0 bridgehead atoms. The summed E-state index contributed by atoms with van der Waals surface area (Å²) in [5.74, 6) is 0. The largest absolute Gasteiger partial charge is 0.306 e. The Balaban J connectivity index is 2.32. The van der Waals surface area contributed by atoms with E-state index in [1.165, 1.54) is 10.4 Å². The molecule has 5 heteroatoms. The quantitative estimate of drug-likeness (QED) is 0.620. The van der Waals surface area contributed by atoms with Crippen molar-refractivity contribution in [2.75, 3.05) is 6.54 Å². The van der Waals surface area contributed by atoms with Gasteiger partial charge in [-0.3, -0.25) is 0 Å². The zero-order chi connectivity index (χ0) is 13.8. The maximum absolute atomic E-state index is 6.16. The van der Waals surface area contributed by atoms with Crippen LogP contribution >= 0.6 is 54.8 Å². The molecule has 0 spiro atoms. The molecule has 2 rings (SSSR count). The SMILES string of the molecule is CCCNC(c1ccc(Br)cc1)c1cc(Br)c(Cl)s1. The molecule has 0 fully saturated rings. The van der Waals surface area contributed by atoms with E-state index in [2.05, 4.69) is 74.4 Å². The molecule has 1 nitrogen and oxygen atoms in total. The first-order valence-electron chi connectivity index (χ1n) is 6.05. The van der Waals surface area contributed by atoms with Gasteiger partial charge < -0.3 is 5.32 Å². The Labute approximate surface area is 139 Å². The van der Waals surface area contributed by atoms with Crippen LogP contribution in [0.4, 0.5) is 0 Å². The topological polar surface area (TPSA) is 12.0 Å². The Hall–Kier alpha value is 0.130. The number of hydrogen-bond donors (Lipinski definition) is 1. The van der Waals surface area contributed by atoms with Crippen LogP contribution in [0.5, 0.6) is 0 Å². The van der Waals surface area contributed by atoms with Gasteiger partial charge in [0.2, 0.25) is 0 Å². The Morgan fingerprint density at radius 3 is 2.47 bits per heavy atom. The molecule has 0 radical (unpaired) electrons. The fraction of sp³-hybridized carbons (Fsp3) is 0.286. The van der Waals surface area contributed by atoms with Gasteiger partial charge >= 0.3 is 0 Å². The smallest absolute Gasteiger partial charge is 0.107 e. The van der Waals surface area contributed by atoms with Crippen molar-refractivity contribution >= 4 is 54.8 Å². The summed E-state index contributed by atoms with van der Waals surface area (Å²) in [6.07, 6.45) is 1.10. The van der Waals surface area contributed by atoms with Gasteiger partial charge in [0.15, 0.2) is 0 Å². The van der Waals surface area contributed by atoms with Gasteiger partial charge in [0.25, 0.3) is 0 Å². The summed E-state index contributed by atoms with van der Waals surface area (Å²) in [6, 6.07) is 10.7. The molecule has 1 N–H and O–H groups in total. The van der Waals surface area contributed by atoms with Gasteiger partial charge in [-0.05, 0) is 52.7 Å². The van der Waals surface area contributed by atoms with E-state index >= 15 is 0 Å². The van der Waals surface area contributed by atoms with Crippen LogP contribution in [0.3, 0.4) is 0 Å². The molecule has 1 atom stereocenters. The summed E-state index contributed by atoms with van der Waals surface area (Å²) in [5.41, 5.74) is 1.25. The molecule has 0 saturated carbocycles. The highest BCUT2D eigenvalue weighted by molar-refractivity contribution is 9.10.